The van der Waals surface area contributed by atoms with E-state index in [-0.39, 0.29) is 17.9 Å². The number of hydrogen-bond acceptors (Lipinski definition) is 2. The van der Waals surface area contributed by atoms with Crippen LogP contribution in [0.25, 0.3) is 10.8 Å². The molecule has 0 radical (unpaired) electrons. The van der Waals surface area contributed by atoms with E-state index in [4.69, 9.17) is 0 Å². The number of nitrogens with two attached hydrogens (primary N) is 1. The van der Waals surface area contributed by atoms with E-state index in [9.17, 15) is 9.59 Å². The number of amides is 2. The van der Waals surface area contributed by atoms with Crippen molar-refractivity contribution in [3.63, 3.8) is 0 Å². The molecule has 4 rings (SSSR count). The van der Waals surface area contributed by atoms with Gasteiger partial charge < -0.3 is 5.32 Å². The van der Waals surface area contributed by atoms with Crippen molar-refractivity contribution in [3.8, 4) is 0 Å². The highest BCUT2D eigenvalue weighted by molar-refractivity contribution is 6.24. The van der Waals surface area contributed by atoms with Gasteiger partial charge in [-0.05, 0) is 37.1 Å². The van der Waals surface area contributed by atoms with E-state index < -0.39 is 0 Å². The zero-order chi connectivity index (χ0) is 16.5. The lowest BCUT2D eigenvalue weighted by Gasteiger charge is -2.22. The molecule has 124 valence electrons. The number of nitrogens with zero attached hydrogens (tertiary/aromatic N) is 1. The van der Waals surface area contributed by atoms with E-state index in [1.165, 1.54) is 24.2 Å². The Labute approximate surface area is 141 Å². The van der Waals surface area contributed by atoms with Crippen molar-refractivity contribution in [1.29, 1.82) is 0 Å². The third-order valence-corrected chi connectivity index (χ3v) is 5.34. The normalized spacial score (nSPS) is 22.5. The van der Waals surface area contributed by atoms with Gasteiger partial charge in [-0.2, -0.15) is 0 Å². The summed E-state index contributed by atoms with van der Waals surface area (Å²) in [5.41, 5.74) is 0.725. The van der Waals surface area contributed by atoms with Crippen LogP contribution in [0.2, 0.25) is 0 Å². The van der Waals surface area contributed by atoms with Crippen LogP contribution < -0.4 is 10.2 Å². The van der Waals surface area contributed by atoms with Crippen LogP contribution in [0.5, 0.6) is 0 Å². The molecule has 0 aromatic heterocycles. The monoisotopic (exact) mass is 323 g/mol. The van der Waals surface area contributed by atoms with Crippen LogP contribution in [-0.2, 0) is 9.59 Å². The zero-order valence-electron chi connectivity index (χ0n) is 13.8. The molecule has 1 saturated heterocycles. The molecule has 1 heterocycles. The number of carbonyl (C=O) groups is 2. The number of fused-ring (bicyclic) bond motifs is 1. The van der Waals surface area contributed by atoms with Gasteiger partial charge in [-0.25, -0.2) is 4.90 Å². The Hall–Kier alpha value is -2.20. The molecule has 0 bridgehead atoms. The Morgan fingerprint density at radius 1 is 0.917 bits per heavy atom. The molecule has 0 spiro atoms. The summed E-state index contributed by atoms with van der Waals surface area (Å²) in [7, 11) is 0. The fourth-order valence-electron chi connectivity index (χ4n) is 4.12. The molecule has 2 fully saturated rings. The highest BCUT2D eigenvalue weighted by Gasteiger charge is 2.43. The van der Waals surface area contributed by atoms with E-state index in [0.717, 1.165) is 29.3 Å². The van der Waals surface area contributed by atoms with Gasteiger partial charge in [-0.15, -0.1) is 0 Å². The minimum absolute atomic E-state index is 0.0538. The van der Waals surface area contributed by atoms with Gasteiger partial charge in [0.05, 0.1) is 18.2 Å². The number of carbonyl (C=O) groups excluding carboxylic acids is 2. The lowest BCUT2D eigenvalue weighted by atomic mass is 9.95. The molecule has 1 saturated carbocycles. The number of anilines is 1. The number of rotatable bonds is 3. The maximum atomic E-state index is 12.9. The van der Waals surface area contributed by atoms with Gasteiger partial charge in [0.25, 0.3) is 5.91 Å². The van der Waals surface area contributed by atoms with Crippen LogP contribution in [0.3, 0.4) is 0 Å². The smallest absolute Gasteiger partial charge is 0.292 e. The molecule has 4 nitrogen and oxygen atoms in total. The molecule has 4 heteroatoms. The predicted octanol–water partition coefficient (Wildman–Crippen LogP) is 2.37. The van der Waals surface area contributed by atoms with Crippen LogP contribution in [0.15, 0.2) is 42.5 Å². The van der Waals surface area contributed by atoms with Crippen LogP contribution in [0, 0.1) is 0 Å². The van der Waals surface area contributed by atoms with Crippen molar-refractivity contribution in [2.75, 3.05) is 4.90 Å². The molecule has 2 aliphatic rings. The van der Waals surface area contributed by atoms with Crippen LogP contribution >= 0.6 is 0 Å². The second kappa shape index (κ2) is 6.36. The third kappa shape index (κ3) is 2.71. The summed E-state index contributed by atoms with van der Waals surface area (Å²) in [5.74, 6) is -0.129. The summed E-state index contributed by atoms with van der Waals surface area (Å²) in [4.78, 5) is 26.9. The lowest BCUT2D eigenvalue weighted by Crippen LogP contribution is -2.96. The predicted molar refractivity (Wildman–Crippen MR) is 93.6 cm³/mol. The Bertz CT molecular complexity index is 775. The standard InChI is InChI=1S/C20H22N2O2/c23-19-13-17(21-15-9-2-1-3-10-15)20(24)22(19)18-12-6-8-14-7-4-5-11-16(14)18/h4-8,11-12,15,17,21H,1-3,9-10,13H2/p+1/t17-/m1/s1. The fraction of sp³-hybridized carbons (Fsp3) is 0.400. The van der Waals surface area contributed by atoms with Gasteiger partial charge in [0.2, 0.25) is 5.91 Å². The van der Waals surface area contributed by atoms with E-state index in [1.54, 1.807) is 0 Å². The van der Waals surface area contributed by atoms with Crippen molar-refractivity contribution in [1.82, 2.24) is 0 Å². The average Bonchev–Trinajstić information content (AvgIpc) is 2.89. The molecule has 0 unspecified atom stereocenters. The van der Waals surface area contributed by atoms with Crippen molar-refractivity contribution >= 4 is 28.3 Å². The third-order valence-electron chi connectivity index (χ3n) is 5.34. The number of quaternary nitrogens is 1. The number of hydrogen-bond donors (Lipinski definition) is 1. The average molecular weight is 323 g/mol. The van der Waals surface area contributed by atoms with Gasteiger partial charge in [-0.1, -0.05) is 42.8 Å². The Kier molecular flexibility index (Phi) is 4.07. The maximum Gasteiger partial charge on any atom is 0.292 e. The van der Waals surface area contributed by atoms with Crippen LogP contribution in [-0.4, -0.2) is 23.9 Å². The van der Waals surface area contributed by atoms with E-state index in [2.05, 4.69) is 5.32 Å². The first kappa shape index (κ1) is 15.3. The molecule has 2 N–H and O–H groups in total. The molecule has 24 heavy (non-hydrogen) atoms. The first-order chi connectivity index (χ1) is 11.7. The minimum Gasteiger partial charge on any atom is -0.333 e. The summed E-state index contributed by atoms with van der Waals surface area (Å²) < 4.78 is 0. The van der Waals surface area contributed by atoms with Gasteiger partial charge in [0.15, 0.2) is 6.04 Å². The van der Waals surface area contributed by atoms with Crippen molar-refractivity contribution in [2.45, 2.75) is 50.6 Å². The van der Waals surface area contributed by atoms with Crippen molar-refractivity contribution in [2.24, 2.45) is 0 Å². The van der Waals surface area contributed by atoms with Gasteiger partial charge >= 0.3 is 0 Å². The first-order valence-corrected chi connectivity index (χ1v) is 8.93. The second-order valence-corrected chi connectivity index (χ2v) is 6.97. The summed E-state index contributed by atoms with van der Waals surface area (Å²) in [6.45, 7) is 0. The number of imide groups is 1. The molecule has 1 atom stereocenters. The van der Waals surface area contributed by atoms with Gasteiger partial charge in [0.1, 0.15) is 0 Å². The molecular weight excluding hydrogens is 300 g/mol. The highest BCUT2D eigenvalue weighted by atomic mass is 16.2. The summed E-state index contributed by atoms with van der Waals surface area (Å²) in [6, 6.07) is 13.9. The second-order valence-electron chi connectivity index (χ2n) is 6.97. The SMILES string of the molecule is O=C1C[C@@H]([NH2+]C2CCCCC2)C(=O)N1c1cccc2ccccc12. The summed E-state index contributed by atoms with van der Waals surface area (Å²) >= 11 is 0. The maximum absolute atomic E-state index is 12.9. The Morgan fingerprint density at radius 3 is 2.50 bits per heavy atom. The largest absolute Gasteiger partial charge is 0.333 e. The first-order valence-electron chi connectivity index (χ1n) is 8.93. The Balaban J connectivity index is 1.61. The number of benzene rings is 2. The van der Waals surface area contributed by atoms with Crippen molar-refractivity contribution in [3.05, 3.63) is 42.5 Å². The van der Waals surface area contributed by atoms with Gasteiger partial charge in [-0.3, -0.25) is 9.59 Å². The van der Waals surface area contributed by atoms with E-state index >= 15 is 0 Å². The van der Waals surface area contributed by atoms with Crippen LogP contribution in [0.4, 0.5) is 5.69 Å². The van der Waals surface area contributed by atoms with E-state index in [1.807, 2.05) is 42.5 Å². The molecule has 2 amide bonds. The van der Waals surface area contributed by atoms with Crippen molar-refractivity contribution < 1.29 is 14.9 Å². The minimum atomic E-state index is -0.250. The molecule has 2 aromatic carbocycles. The fourth-order valence-corrected chi connectivity index (χ4v) is 4.12. The topological polar surface area (TPSA) is 54.0 Å². The highest BCUT2D eigenvalue weighted by Crippen LogP contribution is 2.30. The Morgan fingerprint density at radius 2 is 1.67 bits per heavy atom. The molecule has 1 aliphatic heterocycles. The van der Waals surface area contributed by atoms with Gasteiger partial charge in [0, 0.05) is 5.39 Å². The zero-order valence-corrected chi connectivity index (χ0v) is 13.8. The summed E-state index contributed by atoms with van der Waals surface area (Å²) in [6.07, 6.45) is 6.41. The quantitative estimate of drug-likeness (QED) is 0.882. The molecular formula is C20H23N2O2+. The van der Waals surface area contributed by atoms with E-state index in [0.29, 0.717) is 12.5 Å². The lowest BCUT2D eigenvalue weighted by molar-refractivity contribution is -0.710. The molecule has 2 aromatic rings. The molecule has 1 aliphatic carbocycles. The van der Waals surface area contributed by atoms with Crippen LogP contribution in [0.1, 0.15) is 38.5 Å². The summed E-state index contributed by atoms with van der Waals surface area (Å²) in [5, 5.41) is 4.17.